The molecule has 14 heavy (non-hydrogen) atoms. The van der Waals surface area contributed by atoms with Crippen LogP contribution in [-0.4, -0.2) is 30.8 Å². The zero-order valence-corrected chi connectivity index (χ0v) is 9.29. The Bertz CT molecular complexity index is 228. The summed E-state index contributed by atoms with van der Waals surface area (Å²) in [5.41, 5.74) is 5.09. The Labute approximate surface area is 84.7 Å². The van der Waals surface area contributed by atoms with Crippen LogP contribution in [0.1, 0.15) is 27.7 Å². The molecule has 0 aromatic carbocycles. The summed E-state index contributed by atoms with van der Waals surface area (Å²) in [5.74, 6) is -0.344. The van der Waals surface area contributed by atoms with Crippen LogP contribution in [0, 0.1) is 5.41 Å². The SMILES string of the molecule is CC(C)(C)OC(=O)C(N)C1(C)COC1. The fourth-order valence-electron chi connectivity index (χ4n) is 1.25. The molecule has 2 N–H and O–H groups in total. The van der Waals surface area contributed by atoms with E-state index in [4.69, 9.17) is 15.2 Å². The molecule has 0 amide bonds. The lowest BCUT2D eigenvalue weighted by Gasteiger charge is -2.41. The summed E-state index contributed by atoms with van der Waals surface area (Å²) in [7, 11) is 0. The van der Waals surface area contributed by atoms with Crippen LogP contribution >= 0.6 is 0 Å². The first kappa shape index (κ1) is 11.5. The number of ether oxygens (including phenoxy) is 2. The van der Waals surface area contributed by atoms with Gasteiger partial charge in [-0.3, -0.25) is 4.79 Å². The van der Waals surface area contributed by atoms with Crippen LogP contribution in [0.4, 0.5) is 0 Å². The molecule has 0 aromatic rings. The lowest BCUT2D eigenvalue weighted by Crippen LogP contribution is -2.57. The molecule has 0 aliphatic carbocycles. The second-order valence-corrected chi connectivity index (χ2v) is 5.16. The van der Waals surface area contributed by atoms with Gasteiger partial charge in [0.1, 0.15) is 11.6 Å². The smallest absolute Gasteiger partial charge is 0.324 e. The molecule has 1 aliphatic heterocycles. The first-order valence-electron chi connectivity index (χ1n) is 4.81. The van der Waals surface area contributed by atoms with Crippen LogP contribution in [-0.2, 0) is 14.3 Å². The highest BCUT2D eigenvalue weighted by molar-refractivity contribution is 5.77. The van der Waals surface area contributed by atoms with E-state index in [9.17, 15) is 4.79 Å². The fourth-order valence-corrected chi connectivity index (χ4v) is 1.25. The Morgan fingerprint density at radius 2 is 2.00 bits per heavy atom. The molecule has 1 atom stereocenters. The van der Waals surface area contributed by atoms with Crippen molar-refractivity contribution in [3.8, 4) is 0 Å². The van der Waals surface area contributed by atoms with E-state index in [1.165, 1.54) is 0 Å². The summed E-state index contributed by atoms with van der Waals surface area (Å²) in [4.78, 5) is 11.6. The predicted molar refractivity (Wildman–Crippen MR) is 52.7 cm³/mol. The van der Waals surface area contributed by atoms with Crippen molar-refractivity contribution < 1.29 is 14.3 Å². The molecule has 0 radical (unpaired) electrons. The fraction of sp³-hybridized carbons (Fsp3) is 0.900. The number of carbonyl (C=O) groups excluding carboxylic acids is 1. The number of rotatable bonds is 2. The molecule has 1 aliphatic rings. The lowest BCUT2D eigenvalue weighted by molar-refractivity contribution is -0.173. The number of hydrogen-bond donors (Lipinski definition) is 1. The van der Waals surface area contributed by atoms with E-state index < -0.39 is 11.6 Å². The second kappa shape index (κ2) is 3.51. The van der Waals surface area contributed by atoms with Crippen LogP contribution < -0.4 is 5.73 Å². The standard InChI is InChI=1S/C10H19NO3/c1-9(2,3)14-8(12)7(11)10(4)5-13-6-10/h7H,5-6,11H2,1-4H3. The van der Waals surface area contributed by atoms with E-state index in [1.54, 1.807) is 0 Å². The third-order valence-corrected chi connectivity index (χ3v) is 2.28. The van der Waals surface area contributed by atoms with Crippen molar-refractivity contribution in [2.24, 2.45) is 11.1 Å². The third-order valence-electron chi connectivity index (χ3n) is 2.28. The van der Waals surface area contributed by atoms with Gasteiger partial charge in [0, 0.05) is 5.41 Å². The van der Waals surface area contributed by atoms with Gasteiger partial charge in [-0.1, -0.05) is 6.92 Å². The largest absolute Gasteiger partial charge is 0.459 e. The van der Waals surface area contributed by atoms with Gasteiger partial charge in [0.2, 0.25) is 0 Å². The summed E-state index contributed by atoms with van der Waals surface area (Å²) < 4.78 is 10.3. The minimum atomic E-state index is -0.588. The molecule has 0 aromatic heterocycles. The summed E-state index contributed by atoms with van der Waals surface area (Å²) in [6.07, 6.45) is 0. The van der Waals surface area contributed by atoms with Gasteiger partial charge >= 0.3 is 5.97 Å². The number of carbonyl (C=O) groups is 1. The molecule has 1 saturated heterocycles. The topological polar surface area (TPSA) is 61.5 Å². The molecule has 1 heterocycles. The van der Waals surface area contributed by atoms with Crippen molar-refractivity contribution in [2.75, 3.05) is 13.2 Å². The molecule has 82 valence electrons. The van der Waals surface area contributed by atoms with Crippen LogP contribution in [0.15, 0.2) is 0 Å². The van der Waals surface area contributed by atoms with Gasteiger partial charge in [-0.15, -0.1) is 0 Å². The Kier molecular flexibility index (Phi) is 2.88. The van der Waals surface area contributed by atoms with Crippen LogP contribution in [0.25, 0.3) is 0 Å². The molecule has 0 spiro atoms. The van der Waals surface area contributed by atoms with Crippen molar-refractivity contribution in [1.29, 1.82) is 0 Å². The van der Waals surface area contributed by atoms with Crippen molar-refractivity contribution >= 4 is 5.97 Å². The first-order chi connectivity index (χ1) is 6.25. The highest BCUT2D eigenvalue weighted by Gasteiger charge is 2.44. The number of hydrogen-bond acceptors (Lipinski definition) is 4. The second-order valence-electron chi connectivity index (χ2n) is 5.16. The lowest BCUT2D eigenvalue weighted by atomic mass is 9.81. The highest BCUT2D eigenvalue weighted by atomic mass is 16.6. The van der Waals surface area contributed by atoms with Crippen LogP contribution in [0.2, 0.25) is 0 Å². The maximum Gasteiger partial charge on any atom is 0.324 e. The molecule has 4 heteroatoms. The van der Waals surface area contributed by atoms with Crippen molar-refractivity contribution in [3.63, 3.8) is 0 Å². The average molecular weight is 201 g/mol. The molecular weight excluding hydrogens is 182 g/mol. The van der Waals surface area contributed by atoms with E-state index in [2.05, 4.69) is 0 Å². The summed E-state index contributed by atoms with van der Waals surface area (Å²) >= 11 is 0. The van der Waals surface area contributed by atoms with Crippen LogP contribution in [0.5, 0.6) is 0 Å². The maximum atomic E-state index is 11.6. The zero-order chi connectivity index (χ0) is 11.0. The van der Waals surface area contributed by atoms with E-state index in [-0.39, 0.29) is 11.4 Å². The van der Waals surface area contributed by atoms with Gasteiger partial charge in [0.25, 0.3) is 0 Å². The summed E-state index contributed by atoms with van der Waals surface area (Å²) in [6.45, 7) is 8.50. The normalized spacial score (nSPS) is 22.4. The molecular formula is C10H19NO3. The molecule has 0 bridgehead atoms. The molecule has 0 saturated carbocycles. The van der Waals surface area contributed by atoms with Crippen molar-refractivity contribution in [2.45, 2.75) is 39.3 Å². The number of esters is 1. The number of nitrogens with two attached hydrogens (primary N) is 1. The Morgan fingerprint density at radius 3 is 2.29 bits per heavy atom. The van der Waals surface area contributed by atoms with Gasteiger partial charge < -0.3 is 15.2 Å². The molecule has 4 nitrogen and oxygen atoms in total. The predicted octanol–water partition coefficient (Wildman–Crippen LogP) is 0.692. The highest BCUT2D eigenvalue weighted by Crippen LogP contribution is 2.30. The molecule has 1 rings (SSSR count). The minimum Gasteiger partial charge on any atom is -0.459 e. The van der Waals surface area contributed by atoms with E-state index in [0.717, 1.165) is 0 Å². The third kappa shape index (κ3) is 2.45. The monoisotopic (exact) mass is 201 g/mol. The first-order valence-corrected chi connectivity index (χ1v) is 4.81. The van der Waals surface area contributed by atoms with Gasteiger partial charge in [-0.05, 0) is 20.8 Å². The van der Waals surface area contributed by atoms with Crippen LogP contribution in [0.3, 0.4) is 0 Å². The Hall–Kier alpha value is -0.610. The van der Waals surface area contributed by atoms with E-state index in [0.29, 0.717) is 13.2 Å². The van der Waals surface area contributed by atoms with Gasteiger partial charge in [-0.25, -0.2) is 0 Å². The van der Waals surface area contributed by atoms with E-state index >= 15 is 0 Å². The van der Waals surface area contributed by atoms with Crippen molar-refractivity contribution in [3.05, 3.63) is 0 Å². The quantitative estimate of drug-likeness (QED) is 0.668. The summed E-state index contributed by atoms with van der Waals surface area (Å²) in [6, 6.07) is -0.588. The van der Waals surface area contributed by atoms with E-state index in [1.807, 2.05) is 27.7 Å². The summed E-state index contributed by atoms with van der Waals surface area (Å²) in [5, 5.41) is 0. The zero-order valence-electron chi connectivity index (χ0n) is 9.29. The Balaban J connectivity index is 2.52. The molecule has 1 unspecified atom stereocenters. The molecule has 1 fully saturated rings. The van der Waals surface area contributed by atoms with Gasteiger partial charge in [0.05, 0.1) is 13.2 Å². The maximum absolute atomic E-state index is 11.6. The average Bonchev–Trinajstić information content (AvgIpc) is 1.95. The van der Waals surface area contributed by atoms with Gasteiger partial charge in [-0.2, -0.15) is 0 Å². The minimum absolute atomic E-state index is 0.248. The van der Waals surface area contributed by atoms with Gasteiger partial charge in [0.15, 0.2) is 0 Å². The van der Waals surface area contributed by atoms with Crippen molar-refractivity contribution in [1.82, 2.24) is 0 Å². The Morgan fingerprint density at radius 1 is 1.50 bits per heavy atom.